The quantitative estimate of drug-likeness (QED) is 0.302. The fraction of sp³-hybridized carbons (Fsp3) is 0. The lowest BCUT2D eigenvalue weighted by Crippen LogP contribution is -1.85. The second-order valence-electron chi connectivity index (χ2n) is 6.34. The molecule has 0 radical (unpaired) electrons. The van der Waals surface area contributed by atoms with E-state index in [1.54, 1.807) is 60.7 Å². The summed E-state index contributed by atoms with van der Waals surface area (Å²) in [5, 5.41) is 9.74. The van der Waals surface area contributed by atoms with E-state index >= 15 is 0 Å². The first kappa shape index (κ1) is 25.6. The number of rotatable bonds is 4. The molecule has 0 heterocycles. The Hall–Kier alpha value is -3.67. The number of carbonyl (C=O) groups excluding carboxylic acids is 2. The van der Waals surface area contributed by atoms with Gasteiger partial charge in [0.25, 0.3) is 0 Å². The minimum absolute atomic E-state index is 0.133. The van der Waals surface area contributed by atoms with E-state index in [0.717, 1.165) is 6.29 Å². The largest absolute Gasteiger partial charge is 0.506 e. The highest BCUT2D eigenvalue weighted by molar-refractivity contribution is 6.32. The Kier molecular flexibility index (Phi) is 10.6. The van der Waals surface area contributed by atoms with E-state index < -0.39 is 0 Å². The minimum Gasteiger partial charge on any atom is -0.506 e. The highest BCUT2D eigenvalue weighted by Crippen LogP contribution is 2.28. The van der Waals surface area contributed by atoms with Gasteiger partial charge in [-0.25, -0.2) is 4.39 Å². The van der Waals surface area contributed by atoms with Gasteiger partial charge in [0.1, 0.15) is 35.6 Å². The molecule has 4 rings (SSSR count). The molecule has 7 heteroatoms. The van der Waals surface area contributed by atoms with Crippen LogP contribution < -0.4 is 4.74 Å². The number of aldehydes is 2. The summed E-state index contributed by atoms with van der Waals surface area (Å²) < 4.78 is 17.7. The number of phenols is 1. The molecule has 0 atom stereocenters. The first-order valence-electron chi connectivity index (χ1n) is 9.54. The zero-order valence-corrected chi connectivity index (χ0v) is 18.7. The predicted molar refractivity (Wildman–Crippen MR) is 128 cm³/mol. The average molecular weight is 485 g/mol. The van der Waals surface area contributed by atoms with Crippen molar-refractivity contribution in [1.82, 2.24) is 0 Å². The van der Waals surface area contributed by atoms with E-state index in [0.29, 0.717) is 39.0 Å². The Labute approximate surface area is 200 Å². The summed E-state index contributed by atoms with van der Waals surface area (Å²) in [5.74, 6) is 1.07. The first-order chi connectivity index (χ1) is 15.9. The molecule has 0 amide bonds. The van der Waals surface area contributed by atoms with Crippen LogP contribution in [0.25, 0.3) is 0 Å². The van der Waals surface area contributed by atoms with Crippen molar-refractivity contribution in [3.05, 3.63) is 124 Å². The van der Waals surface area contributed by atoms with Crippen LogP contribution in [0.3, 0.4) is 0 Å². The standard InChI is InChI=1S/C13H9ClO2.C7H5FO.C6H5ClO/c14-12-3-1-2-4-13(12)16-11-7-5-10(9-15)6-8-11;8-7-3-1-6(5-9)2-4-7;7-5-3-1-2-4-6(5)8/h1-9H;1-5H;1-4,8H. The zero-order chi connectivity index (χ0) is 24.1. The van der Waals surface area contributed by atoms with Crippen molar-refractivity contribution in [3.8, 4) is 17.2 Å². The number of hydrogen-bond acceptors (Lipinski definition) is 4. The molecule has 33 heavy (non-hydrogen) atoms. The normalized spacial score (nSPS) is 9.42. The highest BCUT2D eigenvalue weighted by Gasteiger charge is 2.01. The number of aromatic hydroxyl groups is 1. The SMILES string of the molecule is O=Cc1ccc(F)cc1.O=Cc1ccc(Oc2ccccc2Cl)cc1.Oc1ccccc1Cl. The monoisotopic (exact) mass is 484 g/mol. The van der Waals surface area contributed by atoms with E-state index in [1.165, 1.54) is 24.3 Å². The third-order valence-electron chi connectivity index (χ3n) is 3.94. The molecule has 168 valence electrons. The van der Waals surface area contributed by atoms with Crippen LogP contribution in [0.2, 0.25) is 10.0 Å². The summed E-state index contributed by atoms with van der Waals surface area (Å²) >= 11 is 11.4. The predicted octanol–water partition coefficient (Wildman–Crippen LogP) is 7.63. The van der Waals surface area contributed by atoms with Crippen molar-refractivity contribution in [1.29, 1.82) is 0 Å². The van der Waals surface area contributed by atoms with E-state index in [1.807, 2.05) is 12.1 Å². The number of hydrogen-bond donors (Lipinski definition) is 1. The lowest BCUT2D eigenvalue weighted by atomic mass is 10.2. The molecule has 4 aromatic rings. The van der Waals surface area contributed by atoms with Crippen LogP contribution in [0.4, 0.5) is 4.39 Å². The summed E-state index contributed by atoms with van der Waals surface area (Å²) in [6.07, 6.45) is 1.47. The summed E-state index contributed by atoms with van der Waals surface area (Å²) in [6.45, 7) is 0. The molecular formula is C26H19Cl2FO4. The van der Waals surface area contributed by atoms with E-state index in [9.17, 15) is 14.0 Å². The molecule has 0 saturated heterocycles. The lowest BCUT2D eigenvalue weighted by molar-refractivity contribution is 0.111. The second kappa shape index (κ2) is 13.7. The third-order valence-corrected chi connectivity index (χ3v) is 4.57. The first-order valence-corrected chi connectivity index (χ1v) is 10.3. The summed E-state index contributed by atoms with van der Waals surface area (Å²) in [6, 6.07) is 26.1. The molecule has 0 aliphatic carbocycles. The molecule has 0 spiro atoms. The molecule has 0 fully saturated rings. The van der Waals surface area contributed by atoms with Gasteiger partial charge in [0.15, 0.2) is 0 Å². The molecule has 0 bridgehead atoms. The van der Waals surface area contributed by atoms with Gasteiger partial charge >= 0.3 is 0 Å². The van der Waals surface area contributed by atoms with Gasteiger partial charge in [0.05, 0.1) is 10.0 Å². The van der Waals surface area contributed by atoms with Gasteiger partial charge in [-0.3, -0.25) is 9.59 Å². The highest BCUT2D eigenvalue weighted by atomic mass is 35.5. The van der Waals surface area contributed by atoms with Crippen molar-refractivity contribution in [3.63, 3.8) is 0 Å². The topological polar surface area (TPSA) is 63.6 Å². The fourth-order valence-electron chi connectivity index (χ4n) is 2.26. The number of ether oxygens (including phenoxy) is 1. The molecule has 4 aromatic carbocycles. The Balaban J connectivity index is 0.000000192. The molecule has 1 N–H and O–H groups in total. The number of phenolic OH excluding ortho intramolecular Hbond substituents is 1. The lowest BCUT2D eigenvalue weighted by Gasteiger charge is -2.06. The Morgan fingerprint density at radius 1 is 0.667 bits per heavy atom. The second-order valence-corrected chi connectivity index (χ2v) is 7.15. The molecule has 0 saturated carbocycles. The van der Waals surface area contributed by atoms with E-state index in [2.05, 4.69) is 0 Å². The molecule has 0 aliphatic heterocycles. The van der Waals surface area contributed by atoms with Crippen LogP contribution in [0, 0.1) is 5.82 Å². The van der Waals surface area contributed by atoms with Crippen LogP contribution in [-0.2, 0) is 0 Å². The Bertz CT molecular complexity index is 1140. The van der Waals surface area contributed by atoms with Gasteiger partial charge in [-0.05, 0) is 72.8 Å². The van der Waals surface area contributed by atoms with Crippen LogP contribution in [0.5, 0.6) is 17.2 Å². The minimum atomic E-state index is -0.319. The van der Waals surface area contributed by atoms with Gasteiger partial charge in [0.2, 0.25) is 0 Å². The van der Waals surface area contributed by atoms with Crippen molar-refractivity contribution in [2.75, 3.05) is 0 Å². The van der Waals surface area contributed by atoms with E-state index in [4.69, 9.17) is 33.0 Å². The van der Waals surface area contributed by atoms with Crippen LogP contribution in [-0.4, -0.2) is 17.7 Å². The smallest absolute Gasteiger partial charge is 0.150 e. The summed E-state index contributed by atoms with van der Waals surface area (Å²) in [7, 11) is 0. The summed E-state index contributed by atoms with van der Waals surface area (Å²) in [4.78, 5) is 20.5. The van der Waals surface area contributed by atoms with Gasteiger partial charge in [0, 0.05) is 11.1 Å². The van der Waals surface area contributed by atoms with Crippen LogP contribution in [0.1, 0.15) is 20.7 Å². The van der Waals surface area contributed by atoms with Crippen LogP contribution in [0.15, 0.2) is 97.1 Å². The molecule has 0 aromatic heterocycles. The zero-order valence-electron chi connectivity index (χ0n) is 17.2. The van der Waals surface area contributed by atoms with Crippen molar-refractivity contribution in [2.24, 2.45) is 0 Å². The maximum atomic E-state index is 12.1. The van der Waals surface area contributed by atoms with Gasteiger partial charge < -0.3 is 9.84 Å². The van der Waals surface area contributed by atoms with Gasteiger partial charge in [-0.2, -0.15) is 0 Å². The number of halogens is 3. The molecule has 0 aliphatic rings. The van der Waals surface area contributed by atoms with E-state index in [-0.39, 0.29) is 11.6 Å². The Morgan fingerprint density at radius 3 is 1.61 bits per heavy atom. The number of benzene rings is 4. The van der Waals surface area contributed by atoms with Gasteiger partial charge in [-0.15, -0.1) is 0 Å². The maximum absolute atomic E-state index is 12.1. The fourth-order valence-corrected chi connectivity index (χ4v) is 2.57. The molecular weight excluding hydrogens is 466 g/mol. The van der Waals surface area contributed by atoms with Gasteiger partial charge in [-0.1, -0.05) is 47.5 Å². The van der Waals surface area contributed by atoms with Crippen molar-refractivity contribution in [2.45, 2.75) is 0 Å². The number of carbonyl (C=O) groups is 2. The average Bonchev–Trinajstić information content (AvgIpc) is 2.84. The van der Waals surface area contributed by atoms with Crippen LogP contribution >= 0.6 is 23.2 Å². The molecule has 0 unspecified atom stereocenters. The van der Waals surface area contributed by atoms with Crippen molar-refractivity contribution < 1.29 is 23.8 Å². The summed E-state index contributed by atoms with van der Waals surface area (Å²) in [5.41, 5.74) is 1.11. The number of para-hydroxylation sites is 2. The Morgan fingerprint density at radius 2 is 1.15 bits per heavy atom. The van der Waals surface area contributed by atoms with Crippen molar-refractivity contribution >= 4 is 35.8 Å². The molecule has 4 nitrogen and oxygen atoms in total. The third kappa shape index (κ3) is 9.15. The maximum Gasteiger partial charge on any atom is 0.150 e.